The third-order valence-corrected chi connectivity index (χ3v) is 3.08. The number of aryl methyl sites for hydroxylation is 1. The number of rotatable bonds is 3. The van der Waals surface area contributed by atoms with E-state index in [-0.39, 0.29) is 12.0 Å². The van der Waals surface area contributed by atoms with Crippen molar-refractivity contribution in [1.82, 2.24) is 0 Å². The molecule has 0 amide bonds. The van der Waals surface area contributed by atoms with Crippen LogP contribution in [0.15, 0.2) is 24.3 Å². The molecule has 0 aliphatic heterocycles. The highest BCUT2D eigenvalue weighted by Gasteiger charge is 2.24. The summed E-state index contributed by atoms with van der Waals surface area (Å²) in [5.74, 6) is -6.23. The minimum atomic E-state index is -1.33. The van der Waals surface area contributed by atoms with Gasteiger partial charge >= 0.3 is 5.97 Å². The maximum absolute atomic E-state index is 14.4. The Morgan fingerprint density at radius 3 is 2.23 bits per heavy atom. The fourth-order valence-electron chi connectivity index (χ4n) is 1.95. The van der Waals surface area contributed by atoms with E-state index in [2.05, 4.69) is 4.74 Å². The molecule has 0 radical (unpaired) electrons. The number of halogens is 4. The van der Waals surface area contributed by atoms with Gasteiger partial charge in [0.15, 0.2) is 11.6 Å². The number of hydrogen-bond donors (Lipinski definition) is 0. The van der Waals surface area contributed by atoms with Gasteiger partial charge in [0.2, 0.25) is 5.75 Å². The molecule has 0 atom stereocenters. The van der Waals surface area contributed by atoms with Crippen molar-refractivity contribution in [3.05, 3.63) is 53.1 Å². The van der Waals surface area contributed by atoms with Gasteiger partial charge in [0.25, 0.3) is 0 Å². The van der Waals surface area contributed by atoms with Crippen LogP contribution < -0.4 is 4.74 Å². The predicted molar refractivity (Wildman–Crippen MR) is 72.4 cm³/mol. The van der Waals surface area contributed by atoms with E-state index < -0.39 is 46.1 Å². The van der Waals surface area contributed by atoms with Gasteiger partial charge in [0.1, 0.15) is 11.6 Å². The summed E-state index contributed by atoms with van der Waals surface area (Å²) in [6, 6.07) is 4.00. The molecule has 2 rings (SSSR count). The highest BCUT2D eigenvalue weighted by molar-refractivity contribution is 5.74. The van der Waals surface area contributed by atoms with Gasteiger partial charge in [-0.3, -0.25) is 4.79 Å². The molecule has 0 heterocycles. The van der Waals surface area contributed by atoms with Crippen molar-refractivity contribution in [2.24, 2.45) is 0 Å². The van der Waals surface area contributed by atoms with E-state index in [4.69, 9.17) is 0 Å². The predicted octanol–water partition coefficient (Wildman–Crippen LogP) is 4.53. The second-order valence-electron chi connectivity index (χ2n) is 4.62. The lowest BCUT2D eigenvalue weighted by atomic mass is 10.0. The molecular formula is C16H12F4O2. The average Bonchev–Trinajstić information content (AvgIpc) is 2.48. The Morgan fingerprint density at radius 1 is 1.09 bits per heavy atom. The van der Waals surface area contributed by atoms with Crippen molar-refractivity contribution < 1.29 is 27.1 Å². The molecule has 0 aliphatic rings. The van der Waals surface area contributed by atoms with Crippen LogP contribution in [0.25, 0.3) is 11.1 Å². The molecule has 22 heavy (non-hydrogen) atoms. The van der Waals surface area contributed by atoms with E-state index in [1.165, 1.54) is 13.8 Å². The Labute approximate surface area is 124 Å². The van der Waals surface area contributed by atoms with Crippen LogP contribution in [0, 0.1) is 30.2 Å². The van der Waals surface area contributed by atoms with Crippen LogP contribution in [0.1, 0.15) is 18.9 Å². The minimum Gasteiger partial charge on any atom is -0.420 e. The molecule has 0 aliphatic carbocycles. The second kappa shape index (κ2) is 6.17. The molecule has 0 aromatic heterocycles. The van der Waals surface area contributed by atoms with Crippen LogP contribution in [-0.2, 0) is 4.79 Å². The fraction of sp³-hybridized carbons (Fsp3) is 0.188. The fourth-order valence-corrected chi connectivity index (χ4v) is 1.95. The van der Waals surface area contributed by atoms with Crippen molar-refractivity contribution in [2.75, 3.05) is 0 Å². The van der Waals surface area contributed by atoms with E-state index in [0.29, 0.717) is 0 Å². The van der Waals surface area contributed by atoms with Crippen LogP contribution >= 0.6 is 0 Å². The lowest BCUT2D eigenvalue weighted by Crippen LogP contribution is -2.10. The van der Waals surface area contributed by atoms with E-state index in [9.17, 15) is 22.4 Å². The van der Waals surface area contributed by atoms with Gasteiger partial charge in [-0.2, -0.15) is 0 Å². The molecule has 0 N–H and O–H groups in total. The summed E-state index contributed by atoms with van der Waals surface area (Å²) in [6.45, 7) is 2.73. The Bertz CT molecular complexity index is 721. The first-order valence-electron chi connectivity index (χ1n) is 6.50. The topological polar surface area (TPSA) is 26.3 Å². The van der Waals surface area contributed by atoms with Crippen LogP contribution in [0.3, 0.4) is 0 Å². The molecule has 0 unspecified atom stereocenters. The van der Waals surface area contributed by atoms with Gasteiger partial charge < -0.3 is 4.74 Å². The van der Waals surface area contributed by atoms with E-state index in [1.54, 1.807) is 0 Å². The first-order chi connectivity index (χ1) is 10.4. The summed E-state index contributed by atoms with van der Waals surface area (Å²) in [7, 11) is 0. The highest BCUT2D eigenvalue weighted by atomic mass is 19.1. The SMILES string of the molecule is CCC(=O)Oc1c(F)c(C)cc(-c2c(F)cccc2F)c1F. The molecular weight excluding hydrogens is 300 g/mol. The molecule has 0 fully saturated rings. The normalized spacial score (nSPS) is 10.6. The Hall–Kier alpha value is -2.37. The number of esters is 1. The number of carbonyl (C=O) groups excluding carboxylic acids is 1. The Kier molecular flexibility index (Phi) is 4.49. The molecule has 2 aromatic carbocycles. The largest absolute Gasteiger partial charge is 0.420 e. The number of benzene rings is 2. The zero-order valence-corrected chi connectivity index (χ0v) is 11.8. The van der Waals surface area contributed by atoms with E-state index in [1.807, 2.05) is 0 Å². The number of hydrogen-bond acceptors (Lipinski definition) is 2. The van der Waals surface area contributed by atoms with E-state index in [0.717, 1.165) is 24.3 Å². The Morgan fingerprint density at radius 2 is 1.68 bits per heavy atom. The number of ether oxygens (including phenoxy) is 1. The van der Waals surface area contributed by atoms with Crippen molar-refractivity contribution in [2.45, 2.75) is 20.3 Å². The summed E-state index contributed by atoms with van der Waals surface area (Å²) in [4.78, 5) is 11.3. The minimum absolute atomic E-state index is 0.0991. The van der Waals surface area contributed by atoms with E-state index >= 15 is 0 Å². The molecule has 0 bridgehead atoms. The quantitative estimate of drug-likeness (QED) is 0.473. The maximum atomic E-state index is 14.4. The summed E-state index contributed by atoms with van der Waals surface area (Å²) in [6.07, 6.45) is -0.101. The van der Waals surface area contributed by atoms with Crippen LogP contribution in [0.2, 0.25) is 0 Å². The molecule has 0 saturated carbocycles. The van der Waals surface area contributed by atoms with Gasteiger partial charge in [-0.15, -0.1) is 0 Å². The first-order valence-corrected chi connectivity index (χ1v) is 6.50. The van der Waals surface area contributed by atoms with Crippen LogP contribution in [-0.4, -0.2) is 5.97 Å². The first kappa shape index (κ1) is 16.0. The lowest BCUT2D eigenvalue weighted by Gasteiger charge is -2.13. The van der Waals surface area contributed by atoms with Gasteiger partial charge in [0, 0.05) is 12.0 Å². The summed E-state index contributed by atoms with van der Waals surface area (Å²) >= 11 is 0. The van der Waals surface area contributed by atoms with Gasteiger partial charge in [-0.1, -0.05) is 13.0 Å². The van der Waals surface area contributed by atoms with Crippen molar-refractivity contribution in [3.8, 4) is 16.9 Å². The second-order valence-corrected chi connectivity index (χ2v) is 4.62. The summed E-state index contributed by atoms with van der Waals surface area (Å²) in [5.41, 5.74) is -1.25. The van der Waals surface area contributed by atoms with Crippen molar-refractivity contribution >= 4 is 5.97 Å². The molecule has 116 valence electrons. The summed E-state index contributed by atoms with van der Waals surface area (Å²) in [5, 5.41) is 0. The lowest BCUT2D eigenvalue weighted by molar-refractivity contribution is -0.134. The molecule has 2 aromatic rings. The Balaban J connectivity index is 2.71. The zero-order chi connectivity index (χ0) is 16.4. The monoisotopic (exact) mass is 312 g/mol. The average molecular weight is 312 g/mol. The third kappa shape index (κ3) is 2.81. The van der Waals surface area contributed by atoms with Crippen LogP contribution in [0.4, 0.5) is 17.6 Å². The van der Waals surface area contributed by atoms with Gasteiger partial charge in [0.05, 0.1) is 5.56 Å². The molecule has 0 saturated heterocycles. The molecule has 2 nitrogen and oxygen atoms in total. The maximum Gasteiger partial charge on any atom is 0.311 e. The number of carbonyl (C=O) groups is 1. The van der Waals surface area contributed by atoms with Crippen LogP contribution in [0.5, 0.6) is 5.75 Å². The summed E-state index contributed by atoms with van der Waals surface area (Å²) < 4.78 is 60.6. The third-order valence-electron chi connectivity index (χ3n) is 3.08. The van der Waals surface area contributed by atoms with Crippen molar-refractivity contribution in [1.29, 1.82) is 0 Å². The zero-order valence-electron chi connectivity index (χ0n) is 11.8. The molecule has 6 heteroatoms. The standard InChI is InChI=1S/C16H12F4O2/c1-3-12(21)22-16-14(19)8(2)7-9(15(16)20)13-10(17)5-4-6-11(13)18/h4-7H,3H2,1-2H3. The van der Waals surface area contributed by atoms with Gasteiger partial charge in [-0.25, -0.2) is 17.6 Å². The van der Waals surface area contributed by atoms with Crippen molar-refractivity contribution in [3.63, 3.8) is 0 Å². The molecule has 0 spiro atoms. The smallest absolute Gasteiger partial charge is 0.311 e. The highest BCUT2D eigenvalue weighted by Crippen LogP contribution is 2.36. The van der Waals surface area contributed by atoms with Gasteiger partial charge in [-0.05, 0) is 30.7 Å².